The molecule has 0 amide bonds. The van der Waals surface area contributed by atoms with Gasteiger partial charge in [0, 0.05) is 19.3 Å². The quantitative estimate of drug-likeness (QED) is 0.391. The van der Waals surface area contributed by atoms with Crippen molar-refractivity contribution in [3.05, 3.63) is 59.8 Å². The topological polar surface area (TPSA) is 102 Å². The minimum absolute atomic E-state index is 0.346. The van der Waals surface area contributed by atoms with E-state index in [0.29, 0.717) is 60.9 Å². The summed E-state index contributed by atoms with van der Waals surface area (Å²) < 4.78 is 11.5. The first-order chi connectivity index (χ1) is 15.3. The SMILES string of the molecule is Cc1cccc(/C=N/Nc2nc(N3CCOCC3)c3oc(-c4ccccn4)nc3n2)c1. The maximum absolute atomic E-state index is 6.03. The molecule has 0 radical (unpaired) electrons. The van der Waals surface area contributed by atoms with Crippen molar-refractivity contribution in [1.29, 1.82) is 0 Å². The molecule has 1 aromatic carbocycles. The van der Waals surface area contributed by atoms with Gasteiger partial charge < -0.3 is 14.1 Å². The zero-order valence-corrected chi connectivity index (χ0v) is 17.0. The standard InChI is InChI=1S/C22H21N7O2/c1-15-5-4-6-16(13-15)14-24-28-22-26-19-18(20(27-22)29-9-11-30-12-10-29)31-21(25-19)17-7-2-3-8-23-17/h2-8,13-14H,9-12H2,1H3,(H,26,27,28)/b24-14+. The number of oxazole rings is 1. The summed E-state index contributed by atoms with van der Waals surface area (Å²) in [6.45, 7) is 4.71. The minimum Gasteiger partial charge on any atom is -0.429 e. The Hall–Kier alpha value is -3.85. The molecule has 4 aromatic rings. The predicted molar refractivity (Wildman–Crippen MR) is 118 cm³/mol. The normalized spacial score (nSPS) is 14.4. The van der Waals surface area contributed by atoms with Gasteiger partial charge in [0.05, 0.1) is 19.4 Å². The summed E-state index contributed by atoms with van der Waals surface area (Å²) in [7, 11) is 0. The molecule has 0 aliphatic carbocycles. The molecule has 3 aromatic heterocycles. The Balaban J connectivity index is 1.50. The van der Waals surface area contributed by atoms with Gasteiger partial charge in [0.2, 0.25) is 23.1 Å². The van der Waals surface area contributed by atoms with Crippen LogP contribution in [-0.4, -0.2) is 52.5 Å². The van der Waals surface area contributed by atoms with Crippen LogP contribution in [0.4, 0.5) is 11.8 Å². The number of nitrogens with zero attached hydrogens (tertiary/aromatic N) is 6. The first-order valence-electron chi connectivity index (χ1n) is 10.0. The third-order valence-corrected chi connectivity index (χ3v) is 4.85. The second kappa shape index (κ2) is 8.49. The Kier molecular flexibility index (Phi) is 5.24. The number of rotatable bonds is 5. The Morgan fingerprint density at radius 3 is 2.77 bits per heavy atom. The van der Waals surface area contributed by atoms with Gasteiger partial charge in [0.15, 0.2) is 5.82 Å². The monoisotopic (exact) mass is 415 g/mol. The van der Waals surface area contributed by atoms with Crippen LogP contribution >= 0.6 is 0 Å². The Morgan fingerprint density at radius 2 is 1.97 bits per heavy atom. The largest absolute Gasteiger partial charge is 0.429 e. The molecule has 9 nitrogen and oxygen atoms in total. The molecule has 9 heteroatoms. The van der Waals surface area contributed by atoms with Crippen molar-refractivity contribution in [3.8, 4) is 11.6 Å². The number of hydrogen-bond donors (Lipinski definition) is 1. The van der Waals surface area contributed by atoms with Crippen LogP contribution in [0.5, 0.6) is 0 Å². The van der Waals surface area contributed by atoms with Gasteiger partial charge >= 0.3 is 0 Å². The number of nitrogens with one attached hydrogen (secondary N) is 1. The van der Waals surface area contributed by atoms with Gasteiger partial charge in [-0.15, -0.1) is 0 Å². The maximum Gasteiger partial charge on any atom is 0.247 e. The zero-order valence-electron chi connectivity index (χ0n) is 17.0. The summed E-state index contributed by atoms with van der Waals surface area (Å²) in [5.74, 6) is 1.41. The first-order valence-corrected chi connectivity index (χ1v) is 10.0. The third-order valence-electron chi connectivity index (χ3n) is 4.85. The van der Waals surface area contributed by atoms with Crippen LogP contribution in [0.2, 0.25) is 0 Å². The van der Waals surface area contributed by atoms with Gasteiger partial charge in [-0.3, -0.25) is 4.98 Å². The fraction of sp³-hybridized carbons (Fsp3) is 0.227. The van der Waals surface area contributed by atoms with E-state index in [0.717, 1.165) is 5.56 Å². The number of hydrazone groups is 1. The molecular formula is C22H21N7O2. The fourth-order valence-electron chi connectivity index (χ4n) is 3.36. The van der Waals surface area contributed by atoms with Crippen LogP contribution in [0.3, 0.4) is 0 Å². The molecule has 156 valence electrons. The number of morpholine rings is 1. The lowest BCUT2D eigenvalue weighted by atomic mass is 10.2. The van der Waals surface area contributed by atoms with E-state index in [1.54, 1.807) is 12.4 Å². The average molecular weight is 415 g/mol. The molecule has 1 fully saturated rings. The van der Waals surface area contributed by atoms with Crippen molar-refractivity contribution in [2.75, 3.05) is 36.6 Å². The third kappa shape index (κ3) is 4.22. The smallest absolute Gasteiger partial charge is 0.247 e. The van der Waals surface area contributed by atoms with Gasteiger partial charge in [-0.25, -0.2) is 5.43 Å². The highest BCUT2D eigenvalue weighted by Gasteiger charge is 2.22. The number of aromatic nitrogens is 4. The highest BCUT2D eigenvalue weighted by Crippen LogP contribution is 2.30. The van der Waals surface area contributed by atoms with Crippen molar-refractivity contribution < 1.29 is 9.15 Å². The molecule has 4 heterocycles. The fourth-order valence-corrected chi connectivity index (χ4v) is 3.36. The molecule has 0 bridgehead atoms. The number of aryl methyl sites for hydroxylation is 1. The van der Waals surface area contributed by atoms with Crippen molar-refractivity contribution in [2.45, 2.75) is 6.92 Å². The molecule has 0 atom stereocenters. The predicted octanol–water partition coefficient (Wildman–Crippen LogP) is 3.27. The maximum atomic E-state index is 6.03. The summed E-state index contributed by atoms with van der Waals surface area (Å²) >= 11 is 0. The molecule has 1 aliphatic heterocycles. The van der Waals surface area contributed by atoms with Crippen LogP contribution in [0.15, 0.2) is 58.2 Å². The minimum atomic E-state index is 0.346. The molecule has 0 saturated carbocycles. The van der Waals surface area contributed by atoms with Crippen LogP contribution in [0.25, 0.3) is 22.8 Å². The van der Waals surface area contributed by atoms with Gasteiger partial charge in [-0.05, 0) is 24.6 Å². The number of fused-ring (bicyclic) bond motifs is 1. The van der Waals surface area contributed by atoms with E-state index >= 15 is 0 Å². The molecule has 0 unspecified atom stereocenters. The van der Waals surface area contributed by atoms with Gasteiger partial charge in [0.1, 0.15) is 5.69 Å². The molecular weight excluding hydrogens is 394 g/mol. The van der Waals surface area contributed by atoms with E-state index in [1.807, 2.05) is 49.4 Å². The summed E-state index contributed by atoms with van der Waals surface area (Å²) in [5, 5.41) is 4.30. The zero-order chi connectivity index (χ0) is 21.0. The number of pyridine rings is 1. The number of benzene rings is 1. The Morgan fingerprint density at radius 1 is 1.06 bits per heavy atom. The first kappa shape index (κ1) is 19.1. The van der Waals surface area contributed by atoms with Crippen molar-refractivity contribution in [3.63, 3.8) is 0 Å². The average Bonchev–Trinajstić information content (AvgIpc) is 3.24. The van der Waals surface area contributed by atoms with Crippen LogP contribution in [-0.2, 0) is 4.74 Å². The highest BCUT2D eigenvalue weighted by atomic mass is 16.5. The van der Waals surface area contributed by atoms with Crippen molar-refractivity contribution >= 4 is 29.2 Å². The summed E-state index contributed by atoms with van der Waals surface area (Å²) in [4.78, 5) is 20.1. The number of anilines is 2. The second-order valence-electron chi connectivity index (χ2n) is 7.14. The van der Waals surface area contributed by atoms with Crippen LogP contribution in [0.1, 0.15) is 11.1 Å². The molecule has 0 spiro atoms. The summed E-state index contributed by atoms with van der Waals surface area (Å²) in [5.41, 5.74) is 6.69. The van der Waals surface area contributed by atoms with Crippen molar-refractivity contribution in [2.24, 2.45) is 5.10 Å². The summed E-state index contributed by atoms with van der Waals surface area (Å²) in [6, 6.07) is 13.6. The lowest BCUT2D eigenvalue weighted by Crippen LogP contribution is -2.37. The van der Waals surface area contributed by atoms with Crippen molar-refractivity contribution in [1.82, 2.24) is 19.9 Å². The van der Waals surface area contributed by atoms with E-state index in [4.69, 9.17) is 9.15 Å². The lowest BCUT2D eigenvalue weighted by Gasteiger charge is -2.27. The number of hydrogen-bond acceptors (Lipinski definition) is 9. The molecule has 1 saturated heterocycles. The van der Waals surface area contributed by atoms with Crippen LogP contribution in [0, 0.1) is 6.92 Å². The Labute approximate surface area is 178 Å². The van der Waals surface area contributed by atoms with Crippen LogP contribution < -0.4 is 10.3 Å². The molecule has 1 aliphatic rings. The molecule has 1 N–H and O–H groups in total. The highest BCUT2D eigenvalue weighted by molar-refractivity contribution is 5.85. The molecule has 5 rings (SSSR count). The van der Waals surface area contributed by atoms with E-state index < -0.39 is 0 Å². The van der Waals surface area contributed by atoms with E-state index in [2.05, 4.69) is 35.4 Å². The lowest BCUT2D eigenvalue weighted by molar-refractivity contribution is 0.122. The van der Waals surface area contributed by atoms with Gasteiger partial charge in [0.25, 0.3) is 0 Å². The summed E-state index contributed by atoms with van der Waals surface area (Å²) in [6.07, 6.45) is 3.43. The van der Waals surface area contributed by atoms with E-state index in [-0.39, 0.29) is 0 Å². The van der Waals surface area contributed by atoms with Gasteiger partial charge in [-0.2, -0.15) is 20.1 Å². The molecule has 31 heavy (non-hydrogen) atoms. The van der Waals surface area contributed by atoms with Gasteiger partial charge in [-0.1, -0.05) is 35.9 Å². The Bertz CT molecular complexity index is 1220. The second-order valence-corrected chi connectivity index (χ2v) is 7.14. The van der Waals surface area contributed by atoms with E-state index in [1.165, 1.54) is 5.56 Å². The van der Waals surface area contributed by atoms with E-state index in [9.17, 15) is 0 Å². The number of ether oxygens (including phenoxy) is 1.